The van der Waals surface area contributed by atoms with Crippen molar-refractivity contribution in [1.29, 1.82) is 5.26 Å². The van der Waals surface area contributed by atoms with Gasteiger partial charge in [-0.1, -0.05) is 6.92 Å². The van der Waals surface area contributed by atoms with E-state index in [0.29, 0.717) is 19.0 Å². The molecule has 1 aromatic carbocycles. The number of halogens is 2. The molecule has 23 heavy (non-hydrogen) atoms. The van der Waals surface area contributed by atoms with E-state index in [1.54, 1.807) is 6.07 Å². The van der Waals surface area contributed by atoms with Crippen LogP contribution < -0.4 is 5.32 Å². The minimum absolute atomic E-state index is 0.330. The number of Topliss-reactive ketones (excluding diaryl/α,β-unsaturated/α-hetero) is 2. The predicted octanol–water partition coefficient (Wildman–Crippen LogP) is 2.16. The first-order valence-corrected chi connectivity index (χ1v) is 7.09. The third-order valence-electron chi connectivity index (χ3n) is 3.09. The lowest BCUT2D eigenvalue weighted by Crippen LogP contribution is -2.35. The normalized spacial score (nSPS) is 11.4. The number of hydrogen-bond acceptors (Lipinski definition) is 4. The summed E-state index contributed by atoms with van der Waals surface area (Å²) in [6.45, 7) is 2.16. The number of amides is 1. The van der Waals surface area contributed by atoms with Crippen molar-refractivity contribution in [3.8, 4) is 6.07 Å². The molecule has 7 heteroatoms. The van der Waals surface area contributed by atoms with Crippen LogP contribution in [0.15, 0.2) is 18.2 Å². The molecule has 0 saturated carbocycles. The van der Waals surface area contributed by atoms with Crippen molar-refractivity contribution in [1.82, 2.24) is 5.32 Å². The van der Waals surface area contributed by atoms with Crippen LogP contribution in [-0.4, -0.2) is 24.0 Å². The Balaban J connectivity index is 2.65. The standard InChI is InChI=1S/C16H16F2N2O3/c1-2-7-20-16(23)12(9-19)15(22)6-5-14(21)11-4-3-10(17)8-13(11)18/h3-4,8,12H,2,5-7H2,1H3,(H,20,23). The van der Waals surface area contributed by atoms with E-state index in [2.05, 4.69) is 5.32 Å². The second-order valence-corrected chi connectivity index (χ2v) is 4.87. The lowest BCUT2D eigenvalue weighted by atomic mass is 9.97. The fraction of sp³-hybridized carbons (Fsp3) is 0.375. The van der Waals surface area contributed by atoms with Gasteiger partial charge >= 0.3 is 0 Å². The third kappa shape index (κ3) is 5.25. The number of carbonyl (C=O) groups is 3. The highest BCUT2D eigenvalue weighted by atomic mass is 19.1. The molecule has 0 aliphatic carbocycles. The second-order valence-electron chi connectivity index (χ2n) is 4.87. The van der Waals surface area contributed by atoms with Gasteiger partial charge in [-0.2, -0.15) is 5.26 Å². The smallest absolute Gasteiger partial charge is 0.244 e. The molecule has 0 aliphatic rings. The number of nitrogens with zero attached hydrogens (tertiary/aromatic N) is 1. The number of carbonyl (C=O) groups excluding carboxylic acids is 3. The Bertz CT molecular complexity index is 653. The summed E-state index contributed by atoms with van der Waals surface area (Å²) in [6, 6.07) is 4.10. The number of nitrogens with one attached hydrogen (secondary N) is 1. The summed E-state index contributed by atoms with van der Waals surface area (Å²) in [5, 5.41) is 11.3. The Labute approximate surface area is 132 Å². The number of benzene rings is 1. The Morgan fingerprint density at radius 1 is 1.26 bits per heavy atom. The first kappa shape index (κ1) is 18.4. The average Bonchev–Trinajstić information content (AvgIpc) is 2.51. The molecule has 0 radical (unpaired) electrons. The minimum atomic E-state index is -1.49. The molecule has 1 atom stereocenters. The quantitative estimate of drug-likeness (QED) is 0.587. The zero-order valence-electron chi connectivity index (χ0n) is 12.6. The molecule has 1 amide bonds. The van der Waals surface area contributed by atoms with Gasteiger partial charge in [-0.3, -0.25) is 14.4 Å². The van der Waals surface area contributed by atoms with E-state index < -0.39 is 35.0 Å². The Morgan fingerprint density at radius 2 is 1.96 bits per heavy atom. The molecular formula is C16H16F2N2O3. The van der Waals surface area contributed by atoms with E-state index in [9.17, 15) is 23.2 Å². The van der Waals surface area contributed by atoms with Crippen LogP contribution in [0.5, 0.6) is 0 Å². The molecule has 1 rings (SSSR count). The zero-order valence-corrected chi connectivity index (χ0v) is 12.6. The monoisotopic (exact) mass is 322 g/mol. The second kappa shape index (κ2) is 8.73. The highest BCUT2D eigenvalue weighted by molar-refractivity contribution is 6.06. The van der Waals surface area contributed by atoms with E-state index in [-0.39, 0.29) is 18.4 Å². The average molecular weight is 322 g/mol. The summed E-state index contributed by atoms with van der Waals surface area (Å²) in [6.07, 6.45) is -0.0749. The van der Waals surface area contributed by atoms with Gasteiger partial charge in [0.1, 0.15) is 11.6 Å². The lowest BCUT2D eigenvalue weighted by molar-refractivity contribution is -0.131. The van der Waals surface area contributed by atoms with Crippen LogP contribution in [0.1, 0.15) is 36.5 Å². The van der Waals surface area contributed by atoms with Crippen molar-refractivity contribution in [2.24, 2.45) is 5.92 Å². The largest absolute Gasteiger partial charge is 0.355 e. The molecule has 1 aromatic rings. The van der Waals surface area contributed by atoms with Crippen molar-refractivity contribution >= 4 is 17.5 Å². The molecule has 0 bridgehead atoms. The maximum atomic E-state index is 13.5. The minimum Gasteiger partial charge on any atom is -0.355 e. The van der Waals surface area contributed by atoms with Crippen LogP contribution in [0.2, 0.25) is 0 Å². The highest BCUT2D eigenvalue weighted by Crippen LogP contribution is 2.14. The molecule has 0 fully saturated rings. The van der Waals surface area contributed by atoms with E-state index in [1.807, 2.05) is 6.92 Å². The van der Waals surface area contributed by atoms with Crippen LogP contribution in [0.25, 0.3) is 0 Å². The maximum absolute atomic E-state index is 13.5. The molecule has 122 valence electrons. The Morgan fingerprint density at radius 3 is 2.52 bits per heavy atom. The molecule has 0 heterocycles. The van der Waals surface area contributed by atoms with Gasteiger partial charge in [0.25, 0.3) is 0 Å². The molecular weight excluding hydrogens is 306 g/mol. The van der Waals surface area contributed by atoms with Gasteiger partial charge in [-0.15, -0.1) is 0 Å². The number of ketones is 2. The van der Waals surface area contributed by atoms with Crippen LogP contribution in [0.3, 0.4) is 0 Å². The molecule has 1 unspecified atom stereocenters. The van der Waals surface area contributed by atoms with Crippen LogP contribution in [-0.2, 0) is 9.59 Å². The van der Waals surface area contributed by atoms with Crippen molar-refractivity contribution in [2.45, 2.75) is 26.2 Å². The third-order valence-corrected chi connectivity index (χ3v) is 3.09. The van der Waals surface area contributed by atoms with E-state index in [4.69, 9.17) is 5.26 Å². The summed E-state index contributed by atoms with van der Waals surface area (Å²) < 4.78 is 26.2. The van der Waals surface area contributed by atoms with Crippen LogP contribution in [0.4, 0.5) is 8.78 Å². The van der Waals surface area contributed by atoms with Gasteiger partial charge in [0.15, 0.2) is 17.5 Å². The Kier molecular flexibility index (Phi) is 7.00. The number of nitriles is 1. The van der Waals surface area contributed by atoms with Crippen molar-refractivity contribution in [3.63, 3.8) is 0 Å². The fourth-order valence-electron chi connectivity index (χ4n) is 1.86. The molecule has 0 spiro atoms. The van der Waals surface area contributed by atoms with Crippen molar-refractivity contribution in [3.05, 3.63) is 35.4 Å². The lowest BCUT2D eigenvalue weighted by Gasteiger charge is -2.08. The fourth-order valence-corrected chi connectivity index (χ4v) is 1.86. The number of hydrogen-bond donors (Lipinski definition) is 1. The van der Waals surface area contributed by atoms with E-state index in [0.717, 1.165) is 12.1 Å². The number of rotatable bonds is 8. The Hall–Kier alpha value is -2.62. The van der Waals surface area contributed by atoms with E-state index in [1.165, 1.54) is 0 Å². The molecule has 0 saturated heterocycles. The molecule has 0 aliphatic heterocycles. The predicted molar refractivity (Wildman–Crippen MR) is 77.3 cm³/mol. The highest BCUT2D eigenvalue weighted by Gasteiger charge is 2.26. The first-order valence-electron chi connectivity index (χ1n) is 7.09. The van der Waals surface area contributed by atoms with Gasteiger partial charge < -0.3 is 5.32 Å². The maximum Gasteiger partial charge on any atom is 0.244 e. The SMILES string of the molecule is CCCNC(=O)C(C#N)C(=O)CCC(=O)c1ccc(F)cc1F. The topological polar surface area (TPSA) is 87.0 Å². The van der Waals surface area contributed by atoms with Gasteiger partial charge in [0, 0.05) is 25.5 Å². The summed E-state index contributed by atoms with van der Waals surface area (Å²) in [5.41, 5.74) is -0.330. The summed E-state index contributed by atoms with van der Waals surface area (Å²) in [7, 11) is 0. The van der Waals surface area contributed by atoms with Crippen LogP contribution in [0, 0.1) is 28.9 Å². The van der Waals surface area contributed by atoms with E-state index >= 15 is 0 Å². The van der Waals surface area contributed by atoms with Gasteiger partial charge in [-0.05, 0) is 18.6 Å². The summed E-state index contributed by atoms with van der Waals surface area (Å²) >= 11 is 0. The molecule has 5 nitrogen and oxygen atoms in total. The zero-order chi connectivity index (χ0) is 17.4. The van der Waals surface area contributed by atoms with Crippen molar-refractivity contribution < 1.29 is 23.2 Å². The summed E-state index contributed by atoms with van der Waals surface area (Å²) in [4.78, 5) is 35.3. The summed E-state index contributed by atoms with van der Waals surface area (Å²) in [5.74, 6) is -5.43. The molecule has 1 N–H and O–H groups in total. The van der Waals surface area contributed by atoms with Gasteiger partial charge in [0.2, 0.25) is 5.91 Å². The van der Waals surface area contributed by atoms with Crippen LogP contribution >= 0.6 is 0 Å². The van der Waals surface area contributed by atoms with Gasteiger partial charge in [0.05, 0.1) is 11.6 Å². The van der Waals surface area contributed by atoms with Gasteiger partial charge in [-0.25, -0.2) is 8.78 Å². The first-order chi connectivity index (χ1) is 10.9. The molecule has 0 aromatic heterocycles. The van der Waals surface area contributed by atoms with Crippen molar-refractivity contribution in [2.75, 3.05) is 6.54 Å².